The maximum Gasteiger partial charge on any atom is 0.166 e. The fourth-order valence-electron chi connectivity index (χ4n) is 5.75. The van der Waals surface area contributed by atoms with Gasteiger partial charge in [0.2, 0.25) is 0 Å². The molecular formula is C26H30FN7OS. The molecule has 188 valence electrons. The van der Waals surface area contributed by atoms with E-state index < -0.39 is 0 Å². The monoisotopic (exact) mass is 507 g/mol. The molecule has 2 atom stereocenters. The smallest absolute Gasteiger partial charge is 0.166 e. The van der Waals surface area contributed by atoms with Crippen molar-refractivity contribution in [3.63, 3.8) is 0 Å². The number of nitrogens with one attached hydrogen (secondary N) is 2. The number of ether oxygens (including phenoxy) is 1. The highest BCUT2D eigenvalue weighted by Crippen LogP contribution is 2.39. The Bertz CT molecular complexity index is 1390. The number of nitrogens with zero attached hydrogens (tertiary/aromatic N) is 5. The van der Waals surface area contributed by atoms with Gasteiger partial charge in [-0.3, -0.25) is 4.90 Å². The average molecular weight is 508 g/mol. The van der Waals surface area contributed by atoms with Crippen molar-refractivity contribution in [1.82, 2.24) is 30.2 Å². The minimum Gasteiger partial charge on any atom is -0.378 e. The molecule has 8 nitrogen and oxygen atoms in total. The number of thiazole rings is 1. The Morgan fingerprint density at radius 2 is 1.86 bits per heavy atom. The molecule has 0 radical (unpaired) electrons. The third-order valence-electron chi connectivity index (χ3n) is 7.75. The number of rotatable bonds is 5. The van der Waals surface area contributed by atoms with Gasteiger partial charge in [-0.25, -0.2) is 19.3 Å². The number of fused-ring (bicyclic) bond motifs is 2. The van der Waals surface area contributed by atoms with Crippen molar-refractivity contribution >= 4 is 38.4 Å². The first-order valence-corrected chi connectivity index (χ1v) is 13.8. The number of hydrogen-bond acceptors (Lipinski definition) is 8. The number of anilines is 1. The van der Waals surface area contributed by atoms with Crippen LogP contribution < -0.4 is 10.2 Å². The second-order valence-electron chi connectivity index (χ2n) is 9.93. The fraction of sp³-hybridized carbons (Fsp3) is 0.500. The molecule has 7 rings (SSSR count). The lowest BCUT2D eigenvalue weighted by Gasteiger charge is -2.42. The van der Waals surface area contributed by atoms with Gasteiger partial charge in [-0.15, -0.1) is 0 Å². The summed E-state index contributed by atoms with van der Waals surface area (Å²) in [6.45, 7) is 6.01. The highest BCUT2D eigenvalue weighted by atomic mass is 32.1. The Morgan fingerprint density at radius 1 is 1.03 bits per heavy atom. The summed E-state index contributed by atoms with van der Waals surface area (Å²) < 4.78 is 20.8. The molecule has 3 fully saturated rings. The van der Waals surface area contributed by atoms with Crippen molar-refractivity contribution in [2.75, 3.05) is 50.8 Å². The third kappa shape index (κ3) is 3.87. The molecule has 1 aromatic carbocycles. The zero-order valence-corrected chi connectivity index (χ0v) is 21.0. The van der Waals surface area contributed by atoms with Gasteiger partial charge in [-0.2, -0.15) is 0 Å². The quantitative estimate of drug-likeness (QED) is 0.421. The first-order valence-electron chi connectivity index (χ1n) is 13.0. The van der Waals surface area contributed by atoms with E-state index in [0.29, 0.717) is 30.6 Å². The molecule has 10 heteroatoms. The summed E-state index contributed by atoms with van der Waals surface area (Å²) >= 11 is 1.64. The van der Waals surface area contributed by atoms with Gasteiger partial charge >= 0.3 is 0 Å². The second-order valence-corrected chi connectivity index (χ2v) is 10.9. The van der Waals surface area contributed by atoms with Crippen molar-refractivity contribution < 1.29 is 9.13 Å². The van der Waals surface area contributed by atoms with Crippen LogP contribution in [0.3, 0.4) is 0 Å². The van der Waals surface area contributed by atoms with Crippen LogP contribution in [0, 0.1) is 5.82 Å². The van der Waals surface area contributed by atoms with Gasteiger partial charge in [-0.1, -0.05) is 17.8 Å². The van der Waals surface area contributed by atoms with Gasteiger partial charge in [0.15, 0.2) is 11.6 Å². The summed E-state index contributed by atoms with van der Waals surface area (Å²) in [6.07, 6.45) is 6.75. The van der Waals surface area contributed by atoms with Crippen LogP contribution >= 0.6 is 11.3 Å². The van der Waals surface area contributed by atoms with Crippen LogP contribution in [0.25, 0.3) is 32.6 Å². The van der Waals surface area contributed by atoms with Gasteiger partial charge in [0.05, 0.1) is 24.8 Å². The SMILES string of the molecule is Fc1ccc2[nH]ccc2c1-c1nc(N2CCOCC2)c2nc(C(C3CCN3)N3CCCCC3)sc2n1. The largest absolute Gasteiger partial charge is 0.378 e. The van der Waals surface area contributed by atoms with Crippen LogP contribution in [0.4, 0.5) is 10.2 Å². The van der Waals surface area contributed by atoms with E-state index in [1.54, 1.807) is 17.4 Å². The number of benzene rings is 1. The van der Waals surface area contributed by atoms with Crippen LogP contribution in [0.2, 0.25) is 0 Å². The van der Waals surface area contributed by atoms with E-state index in [0.717, 1.165) is 71.2 Å². The maximum absolute atomic E-state index is 15.2. The van der Waals surface area contributed by atoms with E-state index in [-0.39, 0.29) is 11.9 Å². The number of piperidine rings is 1. The van der Waals surface area contributed by atoms with Crippen molar-refractivity contribution in [2.45, 2.75) is 37.8 Å². The molecule has 0 spiro atoms. The van der Waals surface area contributed by atoms with Gasteiger partial charge < -0.3 is 19.9 Å². The van der Waals surface area contributed by atoms with Gasteiger partial charge in [0.25, 0.3) is 0 Å². The van der Waals surface area contributed by atoms with Crippen molar-refractivity contribution in [3.8, 4) is 11.4 Å². The molecule has 0 saturated carbocycles. The molecule has 3 aliphatic heterocycles. The number of hydrogen-bond donors (Lipinski definition) is 2. The molecule has 2 N–H and O–H groups in total. The Labute approximate surface area is 212 Å². The summed E-state index contributed by atoms with van der Waals surface area (Å²) in [5, 5.41) is 5.51. The van der Waals surface area contributed by atoms with Gasteiger partial charge in [0.1, 0.15) is 21.2 Å². The summed E-state index contributed by atoms with van der Waals surface area (Å²) in [7, 11) is 0. The molecule has 3 saturated heterocycles. The van der Waals surface area contributed by atoms with Crippen LogP contribution in [0.1, 0.15) is 36.7 Å². The van der Waals surface area contributed by atoms with Crippen LogP contribution in [-0.4, -0.2) is 76.8 Å². The van der Waals surface area contributed by atoms with E-state index >= 15 is 4.39 Å². The first-order chi connectivity index (χ1) is 17.8. The summed E-state index contributed by atoms with van der Waals surface area (Å²) in [6, 6.07) is 5.79. The molecule has 3 aliphatic rings. The lowest BCUT2D eigenvalue weighted by atomic mass is 9.95. The highest BCUT2D eigenvalue weighted by molar-refractivity contribution is 7.18. The van der Waals surface area contributed by atoms with E-state index in [4.69, 9.17) is 19.7 Å². The lowest BCUT2D eigenvalue weighted by molar-refractivity contribution is 0.105. The van der Waals surface area contributed by atoms with Gasteiger partial charge in [0, 0.05) is 36.2 Å². The van der Waals surface area contributed by atoms with Crippen LogP contribution in [0.15, 0.2) is 24.4 Å². The topological polar surface area (TPSA) is 82.2 Å². The Balaban J connectivity index is 1.39. The minimum absolute atomic E-state index is 0.240. The van der Waals surface area contributed by atoms with Crippen LogP contribution in [-0.2, 0) is 4.74 Å². The number of likely N-dealkylation sites (tertiary alicyclic amines) is 1. The maximum atomic E-state index is 15.2. The summed E-state index contributed by atoms with van der Waals surface area (Å²) in [4.78, 5) is 23.9. The molecule has 2 unspecified atom stereocenters. The van der Waals surface area contributed by atoms with E-state index in [2.05, 4.69) is 20.1 Å². The average Bonchev–Trinajstić information content (AvgIpc) is 3.53. The van der Waals surface area contributed by atoms with Crippen molar-refractivity contribution in [3.05, 3.63) is 35.2 Å². The molecule has 0 aliphatic carbocycles. The first kappa shape index (κ1) is 22.5. The molecule has 3 aromatic heterocycles. The number of H-pyrrole nitrogens is 1. The molecule has 6 heterocycles. The summed E-state index contributed by atoms with van der Waals surface area (Å²) in [5.74, 6) is 0.883. The van der Waals surface area contributed by atoms with Gasteiger partial charge in [-0.05, 0) is 57.1 Å². The molecular weight excluding hydrogens is 477 g/mol. The zero-order chi connectivity index (χ0) is 24.1. The Hall–Kier alpha value is -2.66. The molecule has 4 aromatic rings. The number of aromatic nitrogens is 4. The highest BCUT2D eigenvalue weighted by Gasteiger charge is 2.36. The van der Waals surface area contributed by atoms with E-state index in [9.17, 15) is 0 Å². The third-order valence-corrected chi connectivity index (χ3v) is 8.77. The molecule has 36 heavy (non-hydrogen) atoms. The number of aromatic amines is 1. The fourth-order valence-corrected chi connectivity index (χ4v) is 6.89. The molecule has 0 amide bonds. The standard InChI is InChI=1S/C26H30FN7OS/c27-17-4-5-18-16(6-8-28-18)20(17)23-31-24(34-12-14-35-15-13-34)21-25(32-23)36-26(30-21)22(19-7-9-29-19)33-10-2-1-3-11-33/h4-6,8,19,22,28-29H,1-3,7,9-15H2. The normalized spacial score (nSPS) is 22.2. The van der Waals surface area contributed by atoms with Crippen LogP contribution in [0.5, 0.6) is 0 Å². The number of halogens is 1. The number of morpholine rings is 1. The minimum atomic E-state index is -0.316. The van der Waals surface area contributed by atoms with E-state index in [1.165, 1.54) is 25.3 Å². The predicted octanol–water partition coefficient (Wildman–Crippen LogP) is 4.10. The lowest BCUT2D eigenvalue weighted by Crippen LogP contribution is -2.53. The summed E-state index contributed by atoms with van der Waals surface area (Å²) in [5.41, 5.74) is 2.13. The Morgan fingerprint density at radius 3 is 2.64 bits per heavy atom. The van der Waals surface area contributed by atoms with E-state index in [1.807, 2.05) is 12.3 Å². The molecule has 0 bridgehead atoms. The predicted molar refractivity (Wildman–Crippen MR) is 140 cm³/mol. The Kier molecular flexibility index (Phi) is 5.84. The second kappa shape index (κ2) is 9.33. The van der Waals surface area contributed by atoms with Crippen molar-refractivity contribution in [1.29, 1.82) is 0 Å². The van der Waals surface area contributed by atoms with Crippen molar-refractivity contribution in [2.24, 2.45) is 0 Å². The zero-order valence-electron chi connectivity index (χ0n) is 20.2.